The van der Waals surface area contributed by atoms with Crippen LogP contribution in [0.3, 0.4) is 0 Å². The molecule has 0 fully saturated rings. The number of hydrogen-bond donors (Lipinski definition) is 2. The van der Waals surface area contributed by atoms with E-state index in [1.165, 1.54) is 0 Å². The molecule has 0 heterocycles. The monoisotopic (exact) mass is 228 g/mol. The molecule has 0 spiro atoms. The molecule has 5 heteroatoms. The number of benzene rings is 1. The molecule has 0 radical (unpaired) electrons. The van der Waals surface area contributed by atoms with E-state index in [-0.39, 0.29) is 11.8 Å². The van der Waals surface area contributed by atoms with Crippen molar-refractivity contribution in [3.8, 4) is 0 Å². The first-order valence-corrected chi connectivity index (χ1v) is 6.36. The van der Waals surface area contributed by atoms with Crippen molar-refractivity contribution < 1.29 is 8.42 Å². The van der Waals surface area contributed by atoms with Crippen LogP contribution in [0.15, 0.2) is 29.2 Å². The summed E-state index contributed by atoms with van der Waals surface area (Å²) >= 11 is 0. The number of sulfone groups is 1. The summed E-state index contributed by atoms with van der Waals surface area (Å²) < 4.78 is 23.6. The van der Waals surface area contributed by atoms with E-state index in [1.807, 2.05) is 6.92 Å². The Kier molecular flexibility index (Phi) is 3.84. The zero-order valence-electron chi connectivity index (χ0n) is 8.90. The number of hydrogen-bond acceptors (Lipinski definition) is 4. The Morgan fingerprint density at radius 1 is 1.33 bits per heavy atom. The zero-order valence-corrected chi connectivity index (χ0v) is 9.71. The Bertz CT molecular complexity index is 412. The number of nitrogens with two attached hydrogens (primary N) is 1. The minimum Gasteiger partial charge on any atom is -0.271 e. The van der Waals surface area contributed by atoms with Gasteiger partial charge in [0, 0.05) is 6.04 Å². The smallest absolute Gasteiger partial charge is 0.179 e. The van der Waals surface area contributed by atoms with Gasteiger partial charge in [0.25, 0.3) is 0 Å². The van der Waals surface area contributed by atoms with E-state index in [0.717, 1.165) is 5.56 Å². The van der Waals surface area contributed by atoms with E-state index in [0.29, 0.717) is 4.90 Å². The maximum atomic E-state index is 11.8. The van der Waals surface area contributed by atoms with Crippen molar-refractivity contribution in [2.75, 3.05) is 5.75 Å². The van der Waals surface area contributed by atoms with Crippen molar-refractivity contribution in [1.29, 1.82) is 0 Å². The molecule has 1 aromatic rings. The number of hydrazine groups is 1. The number of rotatable bonds is 4. The number of nitrogens with one attached hydrogen (secondary N) is 1. The van der Waals surface area contributed by atoms with E-state index in [1.54, 1.807) is 31.2 Å². The fourth-order valence-electron chi connectivity index (χ4n) is 1.22. The van der Waals surface area contributed by atoms with E-state index >= 15 is 0 Å². The molecule has 0 saturated heterocycles. The van der Waals surface area contributed by atoms with E-state index in [4.69, 9.17) is 5.84 Å². The summed E-state index contributed by atoms with van der Waals surface area (Å²) in [5, 5.41) is 0. The van der Waals surface area contributed by atoms with Gasteiger partial charge in [-0.25, -0.2) is 8.42 Å². The summed E-state index contributed by atoms with van der Waals surface area (Å²) in [6.45, 7) is 3.65. The molecule has 4 nitrogen and oxygen atoms in total. The molecule has 1 atom stereocenters. The van der Waals surface area contributed by atoms with Crippen LogP contribution in [0.25, 0.3) is 0 Å². The first-order chi connectivity index (χ1) is 6.95. The molecule has 0 bridgehead atoms. The fourth-order valence-corrected chi connectivity index (χ4v) is 2.72. The highest BCUT2D eigenvalue weighted by Gasteiger charge is 2.17. The van der Waals surface area contributed by atoms with E-state index < -0.39 is 9.84 Å². The second-order valence-electron chi connectivity index (χ2n) is 3.66. The summed E-state index contributed by atoms with van der Waals surface area (Å²) in [5.74, 6) is 5.17. The molecule has 15 heavy (non-hydrogen) atoms. The van der Waals surface area contributed by atoms with Gasteiger partial charge in [0.1, 0.15) is 0 Å². The van der Waals surface area contributed by atoms with Crippen LogP contribution in [0.1, 0.15) is 12.5 Å². The predicted octanol–water partition coefficient (Wildman–Crippen LogP) is 0.621. The normalized spacial score (nSPS) is 13.8. The highest BCUT2D eigenvalue weighted by atomic mass is 32.2. The first kappa shape index (κ1) is 12.2. The molecule has 0 unspecified atom stereocenters. The molecule has 0 amide bonds. The molecule has 3 N–H and O–H groups in total. The summed E-state index contributed by atoms with van der Waals surface area (Å²) in [7, 11) is -3.23. The summed E-state index contributed by atoms with van der Waals surface area (Å²) in [6, 6.07) is 6.55. The van der Waals surface area contributed by atoms with Gasteiger partial charge in [-0.05, 0) is 26.0 Å². The molecule has 1 aromatic carbocycles. The van der Waals surface area contributed by atoms with Gasteiger partial charge in [-0.1, -0.05) is 17.7 Å². The summed E-state index contributed by atoms with van der Waals surface area (Å²) in [6.07, 6.45) is 0. The van der Waals surface area contributed by atoms with Gasteiger partial charge < -0.3 is 0 Å². The Morgan fingerprint density at radius 2 is 1.87 bits per heavy atom. The predicted molar refractivity (Wildman–Crippen MR) is 60.0 cm³/mol. The standard InChI is InChI=1S/C10H16N2O2S/c1-8-3-5-10(6-4-8)15(13,14)7-9(2)12-11/h3-6,9,12H,7,11H2,1-2H3/t9-/m1/s1. The highest BCUT2D eigenvalue weighted by molar-refractivity contribution is 7.91. The topological polar surface area (TPSA) is 72.2 Å². The van der Waals surface area contributed by atoms with Gasteiger partial charge >= 0.3 is 0 Å². The molecule has 0 saturated carbocycles. The SMILES string of the molecule is Cc1ccc(S(=O)(=O)C[C@@H](C)NN)cc1. The molecule has 0 aliphatic carbocycles. The van der Waals surface area contributed by atoms with Crippen LogP contribution in [-0.4, -0.2) is 20.2 Å². The minimum atomic E-state index is -3.23. The highest BCUT2D eigenvalue weighted by Crippen LogP contribution is 2.12. The Morgan fingerprint density at radius 3 is 2.33 bits per heavy atom. The van der Waals surface area contributed by atoms with Crippen molar-refractivity contribution in [3.63, 3.8) is 0 Å². The van der Waals surface area contributed by atoms with Crippen LogP contribution in [0, 0.1) is 6.92 Å². The van der Waals surface area contributed by atoms with Gasteiger partial charge in [0.2, 0.25) is 0 Å². The summed E-state index contributed by atoms with van der Waals surface area (Å²) in [5.41, 5.74) is 3.46. The maximum Gasteiger partial charge on any atom is 0.179 e. The van der Waals surface area contributed by atoms with E-state index in [9.17, 15) is 8.42 Å². The van der Waals surface area contributed by atoms with Crippen LogP contribution >= 0.6 is 0 Å². The van der Waals surface area contributed by atoms with Crippen molar-refractivity contribution in [2.24, 2.45) is 5.84 Å². The molecule has 0 aliphatic heterocycles. The molecule has 0 aliphatic rings. The lowest BCUT2D eigenvalue weighted by Crippen LogP contribution is -2.37. The number of aryl methyl sites for hydroxylation is 1. The quantitative estimate of drug-likeness (QED) is 0.585. The zero-order chi connectivity index (χ0) is 11.5. The minimum absolute atomic E-state index is 0.00651. The van der Waals surface area contributed by atoms with Gasteiger partial charge in [-0.3, -0.25) is 11.3 Å². The van der Waals surface area contributed by atoms with Crippen LogP contribution in [0.4, 0.5) is 0 Å². The second-order valence-corrected chi connectivity index (χ2v) is 5.70. The average Bonchev–Trinajstić information content (AvgIpc) is 2.17. The molecular weight excluding hydrogens is 212 g/mol. The Labute approximate surface area is 90.4 Å². The van der Waals surface area contributed by atoms with Gasteiger partial charge in [-0.15, -0.1) is 0 Å². The molecule has 1 rings (SSSR count). The van der Waals surface area contributed by atoms with Crippen molar-refractivity contribution >= 4 is 9.84 Å². The van der Waals surface area contributed by atoms with Crippen molar-refractivity contribution in [1.82, 2.24) is 5.43 Å². The lowest BCUT2D eigenvalue weighted by molar-refractivity contribution is 0.567. The fraction of sp³-hybridized carbons (Fsp3) is 0.400. The Hall–Kier alpha value is -0.910. The lowest BCUT2D eigenvalue weighted by atomic mass is 10.2. The first-order valence-electron chi connectivity index (χ1n) is 4.71. The third kappa shape index (κ3) is 3.30. The lowest BCUT2D eigenvalue weighted by Gasteiger charge is -2.10. The molecular formula is C10H16N2O2S. The second kappa shape index (κ2) is 4.74. The largest absolute Gasteiger partial charge is 0.271 e. The average molecular weight is 228 g/mol. The third-order valence-electron chi connectivity index (χ3n) is 2.13. The van der Waals surface area contributed by atoms with Gasteiger partial charge in [0.05, 0.1) is 10.6 Å². The van der Waals surface area contributed by atoms with Crippen LogP contribution in [0.5, 0.6) is 0 Å². The third-order valence-corrected chi connectivity index (χ3v) is 4.06. The van der Waals surface area contributed by atoms with E-state index in [2.05, 4.69) is 5.43 Å². The van der Waals surface area contributed by atoms with Crippen LogP contribution in [-0.2, 0) is 9.84 Å². The van der Waals surface area contributed by atoms with Gasteiger partial charge in [0.15, 0.2) is 9.84 Å². The Balaban J connectivity index is 2.91. The molecule has 0 aromatic heterocycles. The van der Waals surface area contributed by atoms with Crippen molar-refractivity contribution in [2.45, 2.75) is 24.8 Å². The van der Waals surface area contributed by atoms with Crippen LogP contribution < -0.4 is 11.3 Å². The van der Waals surface area contributed by atoms with Crippen molar-refractivity contribution in [3.05, 3.63) is 29.8 Å². The van der Waals surface area contributed by atoms with Gasteiger partial charge in [-0.2, -0.15) is 0 Å². The maximum absolute atomic E-state index is 11.8. The van der Waals surface area contributed by atoms with Crippen LogP contribution in [0.2, 0.25) is 0 Å². The summed E-state index contributed by atoms with van der Waals surface area (Å²) in [4.78, 5) is 0.343. The molecule has 84 valence electrons.